The summed E-state index contributed by atoms with van der Waals surface area (Å²) in [5.74, 6) is 0. The Morgan fingerprint density at radius 1 is 1.73 bits per heavy atom. The smallest absolute Gasteiger partial charge is 0.167 e. The van der Waals surface area contributed by atoms with E-state index in [4.69, 9.17) is 0 Å². The number of thiazole rings is 1. The molecular weight excluding hydrogens is 160 g/mol. The summed E-state index contributed by atoms with van der Waals surface area (Å²) in [6.07, 6.45) is 4.27. The van der Waals surface area contributed by atoms with Crippen LogP contribution in [0.25, 0.3) is 4.83 Å². The van der Waals surface area contributed by atoms with Crippen molar-refractivity contribution in [3.05, 3.63) is 23.1 Å². The van der Waals surface area contributed by atoms with E-state index in [0.717, 1.165) is 16.0 Å². The van der Waals surface area contributed by atoms with Crippen LogP contribution in [0.2, 0.25) is 0 Å². The van der Waals surface area contributed by atoms with Crippen molar-refractivity contribution < 1.29 is 4.79 Å². The molecule has 2 heterocycles. The number of nitrogens with zero attached hydrogens (tertiary/aromatic N) is 2. The van der Waals surface area contributed by atoms with Crippen LogP contribution in [0.15, 0.2) is 12.5 Å². The zero-order valence-corrected chi connectivity index (χ0v) is 6.76. The highest BCUT2D eigenvalue weighted by atomic mass is 32.1. The van der Waals surface area contributed by atoms with Gasteiger partial charge in [-0.25, -0.2) is 4.98 Å². The molecule has 0 fully saturated rings. The first-order valence-corrected chi connectivity index (χ1v) is 4.01. The van der Waals surface area contributed by atoms with Crippen molar-refractivity contribution in [3.63, 3.8) is 0 Å². The van der Waals surface area contributed by atoms with Crippen LogP contribution in [0, 0.1) is 6.92 Å². The van der Waals surface area contributed by atoms with E-state index in [2.05, 4.69) is 4.98 Å². The van der Waals surface area contributed by atoms with Crippen LogP contribution in [0.5, 0.6) is 0 Å². The minimum absolute atomic E-state index is 0.711. The van der Waals surface area contributed by atoms with Gasteiger partial charge in [0.2, 0.25) is 0 Å². The van der Waals surface area contributed by atoms with Crippen molar-refractivity contribution in [2.45, 2.75) is 6.92 Å². The van der Waals surface area contributed by atoms with Crippen molar-refractivity contribution in [1.29, 1.82) is 0 Å². The maximum atomic E-state index is 10.6. The molecule has 0 unspecified atom stereocenters. The number of rotatable bonds is 1. The molecule has 2 rings (SSSR count). The van der Waals surface area contributed by atoms with Crippen LogP contribution in [0.4, 0.5) is 0 Å². The van der Waals surface area contributed by atoms with Crippen molar-refractivity contribution >= 4 is 22.5 Å². The van der Waals surface area contributed by atoms with E-state index in [1.165, 1.54) is 0 Å². The molecule has 0 saturated carbocycles. The van der Waals surface area contributed by atoms with E-state index < -0.39 is 0 Å². The van der Waals surface area contributed by atoms with Crippen LogP contribution in [0.1, 0.15) is 15.4 Å². The van der Waals surface area contributed by atoms with E-state index in [0.29, 0.717) is 5.69 Å². The third-order valence-corrected chi connectivity index (χ3v) is 2.62. The molecule has 0 aliphatic carbocycles. The van der Waals surface area contributed by atoms with Crippen LogP contribution in [-0.2, 0) is 0 Å². The van der Waals surface area contributed by atoms with Crippen LogP contribution >= 0.6 is 11.3 Å². The molecule has 2 aromatic rings. The molecule has 0 aliphatic rings. The summed E-state index contributed by atoms with van der Waals surface area (Å²) in [5.41, 5.74) is 0.711. The molecule has 3 nitrogen and oxygen atoms in total. The molecule has 11 heavy (non-hydrogen) atoms. The molecule has 0 radical (unpaired) electrons. The monoisotopic (exact) mass is 166 g/mol. The highest BCUT2D eigenvalue weighted by molar-refractivity contribution is 7.17. The van der Waals surface area contributed by atoms with Crippen molar-refractivity contribution in [2.24, 2.45) is 0 Å². The second kappa shape index (κ2) is 2.17. The first kappa shape index (κ1) is 6.54. The Bertz CT molecular complexity index is 401. The number of imidazole rings is 1. The van der Waals surface area contributed by atoms with Gasteiger partial charge in [-0.1, -0.05) is 0 Å². The Labute approximate surface area is 67.3 Å². The third kappa shape index (κ3) is 0.793. The molecule has 0 aromatic carbocycles. The van der Waals surface area contributed by atoms with Gasteiger partial charge in [0.1, 0.15) is 16.9 Å². The minimum atomic E-state index is 0.711. The summed E-state index contributed by atoms with van der Waals surface area (Å²) >= 11 is 1.58. The largest absolute Gasteiger partial charge is 0.296 e. The SMILES string of the molecule is Cc1sc2cncn2c1C=O. The van der Waals surface area contributed by atoms with Crippen molar-refractivity contribution in [2.75, 3.05) is 0 Å². The van der Waals surface area contributed by atoms with Gasteiger partial charge in [-0.15, -0.1) is 11.3 Å². The fourth-order valence-electron chi connectivity index (χ4n) is 1.06. The minimum Gasteiger partial charge on any atom is -0.296 e. The molecule has 0 amide bonds. The predicted molar refractivity (Wildman–Crippen MR) is 43.2 cm³/mol. The summed E-state index contributed by atoms with van der Waals surface area (Å²) in [6.45, 7) is 1.93. The topological polar surface area (TPSA) is 34.4 Å². The lowest BCUT2D eigenvalue weighted by Crippen LogP contribution is -1.87. The Hall–Kier alpha value is -1.16. The van der Waals surface area contributed by atoms with Crippen LogP contribution < -0.4 is 0 Å². The standard InChI is InChI=1S/C7H6N2OS/c1-5-6(3-10)9-4-8-2-7(9)11-5/h2-4H,1H3. The third-order valence-electron chi connectivity index (χ3n) is 1.59. The molecule has 0 aliphatic heterocycles. The average molecular weight is 166 g/mol. The Kier molecular flexibility index (Phi) is 1.29. The lowest BCUT2D eigenvalue weighted by molar-refractivity contribution is 0.111. The zero-order valence-electron chi connectivity index (χ0n) is 5.94. The van der Waals surface area contributed by atoms with Gasteiger partial charge in [0.15, 0.2) is 6.29 Å². The molecule has 0 atom stereocenters. The van der Waals surface area contributed by atoms with Crippen LogP contribution in [0.3, 0.4) is 0 Å². The van der Waals surface area contributed by atoms with E-state index in [-0.39, 0.29) is 0 Å². The van der Waals surface area contributed by atoms with E-state index >= 15 is 0 Å². The summed E-state index contributed by atoms with van der Waals surface area (Å²) in [6, 6.07) is 0. The molecular formula is C7H6N2OS. The van der Waals surface area contributed by atoms with E-state index in [9.17, 15) is 4.79 Å². The number of aromatic nitrogens is 2. The average Bonchev–Trinajstić information content (AvgIpc) is 2.46. The Morgan fingerprint density at radius 3 is 3.27 bits per heavy atom. The molecule has 0 N–H and O–H groups in total. The van der Waals surface area contributed by atoms with Gasteiger partial charge < -0.3 is 0 Å². The molecule has 0 bridgehead atoms. The molecule has 56 valence electrons. The van der Waals surface area contributed by atoms with Crippen molar-refractivity contribution in [3.8, 4) is 0 Å². The van der Waals surface area contributed by atoms with Crippen molar-refractivity contribution in [1.82, 2.24) is 9.38 Å². The van der Waals surface area contributed by atoms with E-state index in [1.807, 2.05) is 6.92 Å². The lowest BCUT2D eigenvalue weighted by atomic mass is 10.4. The Balaban J connectivity index is 2.90. The maximum Gasteiger partial charge on any atom is 0.167 e. The normalized spacial score (nSPS) is 10.6. The quantitative estimate of drug-likeness (QED) is 0.602. The summed E-state index contributed by atoms with van der Waals surface area (Å²) in [5, 5.41) is 0. The fourth-order valence-corrected chi connectivity index (χ4v) is 1.98. The van der Waals surface area contributed by atoms with Gasteiger partial charge in [0.25, 0.3) is 0 Å². The molecule has 0 spiro atoms. The number of carbonyl (C=O) groups is 1. The number of carbonyl (C=O) groups excluding carboxylic acids is 1. The Morgan fingerprint density at radius 2 is 2.55 bits per heavy atom. The van der Waals surface area contributed by atoms with Gasteiger partial charge in [0.05, 0.1) is 6.20 Å². The lowest BCUT2D eigenvalue weighted by Gasteiger charge is -1.85. The second-order valence-electron chi connectivity index (χ2n) is 2.26. The number of hydrogen-bond acceptors (Lipinski definition) is 3. The van der Waals surface area contributed by atoms with E-state index in [1.54, 1.807) is 28.3 Å². The van der Waals surface area contributed by atoms with Gasteiger partial charge in [0, 0.05) is 4.88 Å². The highest BCUT2D eigenvalue weighted by Gasteiger charge is 2.06. The summed E-state index contributed by atoms with van der Waals surface area (Å²) in [7, 11) is 0. The predicted octanol–water partition coefficient (Wildman–Crippen LogP) is 1.52. The van der Waals surface area contributed by atoms with Gasteiger partial charge in [-0.2, -0.15) is 0 Å². The fraction of sp³-hybridized carbons (Fsp3) is 0.143. The summed E-state index contributed by atoms with van der Waals surface area (Å²) < 4.78 is 1.80. The molecule has 0 saturated heterocycles. The first-order chi connectivity index (χ1) is 5.33. The van der Waals surface area contributed by atoms with Gasteiger partial charge in [-0.05, 0) is 6.92 Å². The second-order valence-corrected chi connectivity index (χ2v) is 3.50. The van der Waals surface area contributed by atoms with Gasteiger partial charge >= 0.3 is 0 Å². The number of aldehydes is 1. The number of hydrogen-bond donors (Lipinski definition) is 0. The number of aryl methyl sites for hydroxylation is 1. The molecule has 4 heteroatoms. The maximum absolute atomic E-state index is 10.6. The zero-order chi connectivity index (χ0) is 7.84. The number of fused-ring (bicyclic) bond motifs is 1. The molecule has 2 aromatic heterocycles. The summed E-state index contributed by atoms with van der Waals surface area (Å²) in [4.78, 5) is 16.5. The first-order valence-electron chi connectivity index (χ1n) is 3.19. The van der Waals surface area contributed by atoms with Gasteiger partial charge in [-0.3, -0.25) is 9.20 Å². The highest BCUT2D eigenvalue weighted by Crippen LogP contribution is 2.20. The van der Waals surface area contributed by atoms with Crippen LogP contribution in [-0.4, -0.2) is 15.7 Å².